The van der Waals surface area contributed by atoms with E-state index in [4.69, 9.17) is 11.6 Å². The van der Waals surface area contributed by atoms with E-state index in [1.165, 1.54) is 4.52 Å². The lowest BCUT2D eigenvalue weighted by Crippen LogP contribution is -2.07. The first kappa shape index (κ1) is 11.8. The van der Waals surface area contributed by atoms with Crippen LogP contribution in [0, 0.1) is 6.92 Å². The van der Waals surface area contributed by atoms with Crippen LogP contribution < -0.4 is 5.56 Å². The van der Waals surface area contributed by atoms with Crippen molar-refractivity contribution in [1.29, 1.82) is 0 Å². The number of benzene rings is 1. The van der Waals surface area contributed by atoms with E-state index in [0.717, 1.165) is 17.2 Å². The molecule has 0 aliphatic heterocycles. The molecule has 5 nitrogen and oxygen atoms in total. The van der Waals surface area contributed by atoms with E-state index in [9.17, 15) is 9.90 Å². The molecular formula is C13H10ClN3O2. The number of aryl methyl sites for hydroxylation is 1. The molecule has 0 unspecified atom stereocenters. The number of nitrogens with zero attached hydrogens (tertiary/aromatic N) is 2. The molecule has 0 radical (unpaired) electrons. The monoisotopic (exact) mass is 275 g/mol. The first-order valence-corrected chi connectivity index (χ1v) is 6.01. The minimum absolute atomic E-state index is 0.199. The van der Waals surface area contributed by atoms with Crippen molar-refractivity contribution in [2.24, 2.45) is 0 Å². The highest BCUT2D eigenvalue weighted by Crippen LogP contribution is 2.29. The van der Waals surface area contributed by atoms with E-state index in [1.807, 2.05) is 12.1 Å². The van der Waals surface area contributed by atoms with E-state index in [1.54, 1.807) is 19.1 Å². The second-order valence-corrected chi connectivity index (χ2v) is 4.66. The van der Waals surface area contributed by atoms with Crippen molar-refractivity contribution in [2.45, 2.75) is 6.92 Å². The van der Waals surface area contributed by atoms with Crippen LogP contribution in [0.2, 0.25) is 5.02 Å². The number of fused-ring (bicyclic) bond motifs is 1. The number of hydrogen-bond donors (Lipinski definition) is 2. The summed E-state index contributed by atoms with van der Waals surface area (Å²) in [6.07, 6.45) is 0. The van der Waals surface area contributed by atoms with Crippen LogP contribution in [0.3, 0.4) is 0 Å². The molecule has 0 atom stereocenters. The fourth-order valence-electron chi connectivity index (χ4n) is 2.13. The zero-order chi connectivity index (χ0) is 13.6. The van der Waals surface area contributed by atoms with Gasteiger partial charge in [-0.15, -0.1) is 0 Å². The minimum atomic E-state index is -0.381. The Hall–Kier alpha value is -2.27. The predicted molar refractivity (Wildman–Crippen MR) is 72.7 cm³/mol. The smallest absolute Gasteiger partial charge is 0.254 e. The average molecular weight is 276 g/mol. The normalized spacial score (nSPS) is 11.1. The summed E-state index contributed by atoms with van der Waals surface area (Å²) in [6.45, 7) is 1.81. The zero-order valence-electron chi connectivity index (χ0n) is 10.0. The minimum Gasteiger partial charge on any atom is -0.493 e. The Balaban J connectivity index is 2.41. The van der Waals surface area contributed by atoms with Gasteiger partial charge in [-0.1, -0.05) is 23.7 Å². The van der Waals surface area contributed by atoms with Crippen LogP contribution in [-0.4, -0.2) is 19.7 Å². The lowest BCUT2D eigenvalue weighted by Gasteiger charge is -2.02. The van der Waals surface area contributed by atoms with Crippen LogP contribution in [0.1, 0.15) is 5.69 Å². The molecule has 6 heteroatoms. The Morgan fingerprint density at radius 2 is 2.16 bits per heavy atom. The third kappa shape index (κ3) is 1.88. The first-order chi connectivity index (χ1) is 9.06. The standard InChI is InChI=1S/C13H10ClN3O2/c1-7-12(8-3-2-4-9(14)5-8)13-15-10(18)6-11(19)17(13)16-7/h2-6,19H,1H3,(H,15,18). The molecule has 96 valence electrons. The van der Waals surface area contributed by atoms with Crippen molar-refractivity contribution in [3.63, 3.8) is 0 Å². The summed E-state index contributed by atoms with van der Waals surface area (Å²) >= 11 is 5.98. The molecule has 3 aromatic rings. The molecule has 0 aliphatic carbocycles. The van der Waals surface area contributed by atoms with Gasteiger partial charge >= 0.3 is 0 Å². The number of hydrogen-bond acceptors (Lipinski definition) is 3. The summed E-state index contributed by atoms with van der Waals surface area (Å²) in [5, 5.41) is 14.6. The van der Waals surface area contributed by atoms with Gasteiger partial charge in [0.2, 0.25) is 5.88 Å². The number of H-pyrrole nitrogens is 1. The summed E-state index contributed by atoms with van der Waals surface area (Å²) in [5.41, 5.74) is 2.34. The van der Waals surface area contributed by atoms with Crippen LogP contribution in [0.5, 0.6) is 5.88 Å². The number of aromatic hydroxyl groups is 1. The predicted octanol–water partition coefficient (Wildman–Crippen LogP) is 2.36. The average Bonchev–Trinajstić information content (AvgIpc) is 2.66. The SMILES string of the molecule is Cc1nn2c(O)cc(=O)[nH]c2c1-c1cccc(Cl)c1. The van der Waals surface area contributed by atoms with Crippen LogP contribution in [0.15, 0.2) is 35.1 Å². The highest BCUT2D eigenvalue weighted by Gasteiger charge is 2.15. The van der Waals surface area contributed by atoms with Gasteiger partial charge in [0.15, 0.2) is 0 Å². The Kier molecular flexibility index (Phi) is 2.57. The van der Waals surface area contributed by atoms with Crippen molar-refractivity contribution < 1.29 is 5.11 Å². The van der Waals surface area contributed by atoms with E-state index in [0.29, 0.717) is 16.4 Å². The van der Waals surface area contributed by atoms with Crippen molar-refractivity contribution >= 4 is 17.2 Å². The van der Waals surface area contributed by atoms with Gasteiger partial charge in [0.25, 0.3) is 5.56 Å². The zero-order valence-corrected chi connectivity index (χ0v) is 10.8. The van der Waals surface area contributed by atoms with Crippen LogP contribution in [0.4, 0.5) is 0 Å². The van der Waals surface area contributed by atoms with Crippen molar-refractivity contribution in [1.82, 2.24) is 14.6 Å². The lowest BCUT2D eigenvalue weighted by molar-refractivity contribution is 0.434. The van der Waals surface area contributed by atoms with Gasteiger partial charge in [0.1, 0.15) is 5.65 Å². The molecule has 19 heavy (non-hydrogen) atoms. The molecular weight excluding hydrogens is 266 g/mol. The molecule has 0 saturated carbocycles. The maximum Gasteiger partial charge on any atom is 0.254 e. The first-order valence-electron chi connectivity index (χ1n) is 5.64. The number of halogens is 1. The lowest BCUT2D eigenvalue weighted by atomic mass is 10.1. The third-order valence-electron chi connectivity index (χ3n) is 2.89. The Bertz CT molecular complexity index is 836. The maximum absolute atomic E-state index is 11.5. The van der Waals surface area contributed by atoms with E-state index in [-0.39, 0.29) is 11.4 Å². The highest BCUT2D eigenvalue weighted by atomic mass is 35.5. The molecule has 0 amide bonds. The molecule has 0 fully saturated rings. The second kappa shape index (κ2) is 4.13. The van der Waals surface area contributed by atoms with Gasteiger partial charge in [-0.25, -0.2) is 0 Å². The summed E-state index contributed by atoms with van der Waals surface area (Å²) in [7, 11) is 0. The summed E-state index contributed by atoms with van der Waals surface area (Å²) in [4.78, 5) is 14.2. The number of nitrogens with one attached hydrogen (secondary N) is 1. The summed E-state index contributed by atoms with van der Waals surface area (Å²) in [6, 6.07) is 8.33. The number of rotatable bonds is 1. The maximum atomic E-state index is 11.5. The van der Waals surface area contributed by atoms with Crippen molar-refractivity contribution in [2.75, 3.05) is 0 Å². The van der Waals surface area contributed by atoms with Gasteiger partial charge < -0.3 is 10.1 Å². The van der Waals surface area contributed by atoms with E-state index in [2.05, 4.69) is 10.1 Å². The number of aromatic amines is 1. The Morgan fingerprint density at radius 1 is 1.37 bits per heavy atom. The quantitative estimate of drug-likeness (QED) is 0.716. The molecule has 2 N–H and O–H groups in total. The van der Waals surface area contributed by atoms with Crippen molar-refractivity contribution in [3.8, 4) is 17.0 Å². The van der Waals surface area contributed by atoms with Gasteiger partial charge in [-0.3, -0.25) is 4.79 Å². The second-order valence-electron chi connectivity index (χ2n) is 4.22. The van der Waals surface area contributed by atoms with Crippen LogP contribution in [-0.2, 0) is 0 Å². The van der Waals surface area contributed by atoms with Crippen LogP contribution >= 0.6 is 11.6 Å². The topological polar surface area (TPSA) is 70.4 Å². The fourth-order valence-corrected chi connectivity index (χ4v) is 2.32. The summed E-state index contributed by atoms with van der Waals surface area (Å²) in [5.74, 6) is -0.199. The molecule has 1 aromatic carbocycles. The van der Waals surface area contributed by atoms with Gasteiger partial charge in [0.05, 0.1) is 11.8 Å². The third-order valence-corrected chi connectivity index (χ3v) is 3.13. The molecule has 0 spiro atoms. The molecule has 0 aliphatic rings. The van der Waals surface area contributed by atoms with Gasteiger partial charge in [0, 0.05) is 10.6 Å². The number of aromatic nitrogens is 3. The van der Waals surface area contributed by atoms with Crippen molar-refractivity contribution in [3.05, 3.63) is 51.4 Å². The molecule has 2 heterocycles. The fraction of sp³-hybridized carbons (Fsp3) is 0.0769. The molecule has 3 rings (SSSR count). The molecule has 2 aromatic heterocycles. The van der Waals surface area contributed by atoms with Gasteiger partial charge in [-0.05, 0) is 24.6 Å². The van der Waals surface area contributed by atoms with E-state index < -0.39 is 0 Å². The van der Waals surface area contributed by atoms with Crippen LogP contribution in [0.25, 0.3) is 16.8 Å². The Morgan fingerprint density at radius 3 is 2.89 bits per heavy atom. The Labute approximate surface area is 113 Å². The summed E-state index contributed by atoms with van der Waals surface area (Å²) < 4.78 is 1.30. The highest BCUT2D eigenvalue weighted by molar-refractivity contribution is 6.30. The van der Waals surface area contributed by atoms with E-state index >= 15 is 0 Å². The molecule has 0 bridgehead atoms. The van der Waals surface area contributed by atoms with Gasteiger partial charge in [-0.2, -0.15) is 9.61 Å². The largest absolute Gasteiger partial charge is 0.493 e. The molecule has 0 saturated heterocycles.